The largest absolute Gasteiger partial charge is 0.391 e. The number of methoxy groups -OCH3 is 1. The number of rotatable bonds is 5. The quantitative estimate of drug-likeness (QED) is 0.880. The third-order valence-electron chi connectivity index (χ3n) is 3.04. The molecule has 0 amide bonds. The zero-order valence-corrected chi connectivity index (χ0v) is 10.9. The van der Waals surface area contributed by atoms with E-state index in [2.05, 4.69) is 17.1 Å². The van der Waals surface area contributed by atoms with Crippen molar-refractivity contribution in [1.82, 2.24) is 4.98 Å². The minimum atomic E-state index is -0.401. The maximum absolute atomic E-state index is 9.71. The standard InChI is InChI=1S/C15H19NO2/c1-11-9-12(7-8-13(17)10-18-2)14-5-3-4-6-15(14)16-11/h3-6,9,13,17H,7-8,10H2,1-2H3. The van der Waals surface area contributed by atoms with Crippen LogP contribution in [0.25, 0.3) is 10.9 Å². The molecule has 0 bridgehead atoms. The van der Waals surface area contributed by atoms with E-state index in [-0.39, 0.29) is 0 Å². The van der Waals surface area contributed by atoms with Gasteiger partial charge in [0, 0.05) is 18.2 Å². The van der Waals surface area contributed by atoms with Crippen LogP contribution in [0.2, 0.25) is 0 Å². The second-order valence-electron chi connectivity index (χ2n) is 4.59. The molecule has 3 nitrogen and oxygen atoms in total. The van der Waals surface area contributed by atoms with Gasteiger partial charge in [-0.2, -0.15) is 0 Å². The summed E-state index contributed by atoms with van der Waals surface area (Å²) in [5, 5.41) is 10.9. The van der Waals surface area contributed by atoms with Gasteiger partial charge in [-0.3, -0.25) is 4.98 Å². The molecule has 0 spiro atoms. The van der Waals surface area contributed by atoms with Gasteiger partial charge >= 0.3 is 0 Å². The molecule has 2 rings (SSSR count). The number of nitrogens with zero attached hydrogens (tertiary/aromatic N) is 1. The van der Waals surface area contributed by atoms with Crippen molar-refractivity contribution >= 4 is 10.9 Å². The molecule has 0 saturated carbocycles. The highest BCUT2D eigenvalue weighted by Crippen LogP contribution is 2.20. The summed E-state index contributed by atoms with van der Waals surface area (Å²) < 4.78 is 4.94. The summed E-state index contributed by atoms with van der Waals surface area (Å²) in [5.74, 6) is 0. The molecule has 0 aliphatic heterocycles. The van der Waals surface area contributed by atoms with Crippen LogP contribution in [0.15, 0.2) is 30.3 Å². The predicted octanol–water partition coefficient (Wildman–Crippen LogP) is 2.48. The Hall–Kier alpha value is -1.45. The number of aliphatic hydroxyl groups is 1. The Morgan fingerprint density at radius 3 is 2.89 bits per heavy atom. The summed E-state index contributed by atoms with van der Waals surface area (Å²) in [6.45, 7) is 2.39. The van der Waals surface area contributed by atoms with Gasteiger partial charge < -0.3 is 9.84 Å². The van der Waals surface area contributed by atoms with Gasteiger partial charge in [-0.05, 0) is 37.5 Å². The fourth-order valence-corrected chi connectivity index (χ4v) is 2.20. The molecule has 0 saturated heterocycles. The van der Waals surface area contributed by atoms with Crippen molar-refractivity contribution in [1.29, 1.82) is 0 Å². The fraction of sp³-hybridized carbons (Fsp3) is 0.400. The molecular weight excluding hydrogens is 226 g/mol. The lowest BCUT2D eigenvalue weighted by atomic mass is 10.0. The average Bonchev–Trinajstić information content (AvgIpc) is 2.36. The van der Waals surface area contributed by atoms with Crippen LogP contribution < -0.4 is 0 Å². The van der Waals surface area contributed by atoms with E-state index in [9.17, 15) is 5.11 Å². The van der Waals surface area contributed by atoms with Crippen molar-refractivity contribution in [2.45, 2.75) is 25.9 Å². The summed E-state index contributed by atoms with van der Waals surface area (Å²) >= 11 is 0. The SMILES string of the molecule is COCC(O)CCc1cc(C)nc2ccccc12. The maximum atomic E-state index is 9.71. The number of pyridine rings is 1. The molecule has 1 N–H and O–H groups in total. The van der Waals surface area contributed by atoms with Gasteiger partial charge in [0.05, 0.1) is 18.2 Å². The molecule has 1 unspecified atom stereocenters. The number of aryl methyl sites for hydroxylation is 2. The number of para-hydroxylation sites is 1. The Bertz CT molecular complexity index is 525. The van der Waals surface area contributed by atoms with Crippen molar-refractivity contribution in [3.8, 4) is 0 Å². The molecule has 18 heavy (non-hydrogen) atoms. The first-order valence-electron chi connectivity index (χ1n) is 6.23. The normalized spacial score (nSPS) is 12.8. The topological polar surface area (TPSA) is 42.4 Å². The highest BCUT2D eigenvalue weighted by atomic mass is 16.5. The molecule has 0 aliphatic rings. The minimum Gasteiger partial charge on any atom is -0.391 e. The van der Waals surface area contributed by atoms with Crippen LogP contribution in [0.4, 0.5) is 0 Å². The number of aromatic nitrogens is 1. The van der Waals surface area contributed by atoms with E-state index >= 15 is 0 Å². The van der Waals surface area contributed by atoms with Crippen molar-refractivity contribution in [3.63, 3.8) is 0 Å². The van der Waals surface area contributed by atoms with Crippen LogP contribution in [0.3, 0.4) is 0 Å². The smallest absolute Gasteiger partial charge is 0.0776 e. The summed E-state index contributed by atoms with van der Waals surface area (Å²) in [7, 11) is 1.61. The predicted molar refractivity (Wildman–Crippen MR) is 72.7 cm³/mol. The first-order chi connectivity index (χ1) is 8.70. The van der Waals surface area contributed by atoms with E-state index in [0.29, 0.717) is 13.0 Å². The van der Waals surface area contributed by atoms with E-state index in [1.807, 2.05) is 25.1 Å². The second kappa shape index (κ2) is 5.94. The molecule has 3 heteroatoms. The number of hydrogen-bond donors (Lipinski definition) is 1. The molecule has 0 aliphatic carbocycles. The van der Waals surface area contributed by atoms with E-state index in [1.54, 1.807) is 7.11 Å². The number of hydrogen-bond acceptors (Lipinski definition) is 3. The van der Waals surface area contributed by atoms with Crippen molar-refractivity contribution < 1.29 is 9.84 Å². The maximum Gasteiger partial charge on any atom is 0.0776 e. The van der Waals surface area contributed by atoms with E-state index in [4.69, 9.17) is 4.74 Å². The van der Waals surface area contributed by atoms with Gasteiger partial charge in [0.1, 0.15) is 0 Å². The Labute approximate surface area is 107 Å². The zero-order valence-electron chi connectivity index (χ0n) is 10.9. The molecule has 1 aromatic heterocycles. The molecule has 1 atom stereocenters. The highest BCUT2D eigenvalue weighted by molar-refractivity contribution is 5.82. The third kappa shape index (κ3) is 3.06. The Morgan fingerprint density at radius 1 is 1.33 bits per heavy atom. The molecule has 96 valence electrons. The van der Waals surface area contributed by atoms with Crippen molar-refractivity contribution in [2.75, 3.05) is 13.7 Å². The van der Waals surface area contributed by atoms with Gasteiger partial charge in [-0.1, -0.05) is 18.2 Å². The minimum absolute atomic E-state index is 0.391. The van der Waals surface area contributed by atoms with Crippen molar-refractivity contribution in [2.24, 2.45) is 0 Å². The second-order valence-corrected chi connectivity index (χ2v) is 4.59. The zero-order chi connectivity index (χ0) is 13.0. The number of aliphatic hydroxyl groups excluding tert-OH is 1. The van der Waals surface area contributed by atoms with Crippen LogP contribution >= 0.6 is 0 Å². The van der Waals surface area contributed by atoms with Crippen molar-refractivity contribution in [3.05, 3.63) is 41.6 Å². The van der Waals surface area contributed by atoms with Gasteiger partial charge in [-0.25, -0.2) is 0 Å². The molecule has 0 fully saturated rings. The van der Waals surface area contributed by atoms with Crippen LogP contribution in [0, 0.1) is 6.92 Å². The van der Waals surface area contributed by atoms with Crippen LogP contribution in [-0.4, -0.2) is 29.9 Å². The summed E-state index contributed by atoms with van der Waals surface area (Å²) in [6, 6.07) is 10.2. The first-order valence-corrected chi connectivity index (χ1v) is 6.23. The third-order valence-corrected chi connectivity index (χ3v) is 3.04. The summed E-state index contributed by atoms with van der Waals surface area (Å²) in [6.07, 6.45) is 1.15. The number of ether oxygens (including phenoxy) is 1. The van der Waals surface area contributed by atoms with E-state index in [0.717, 1.165) is 17.6 Å². The first kappa shape index (κ1) is 13.0. The lowest BCUT2D eigenvalue weighted by Gasteiger charge is -2.11. The lowest BCUT2D eigenvalue weighted by molar-refractivity contribution is 0.0596. The average molecular weight is 245 g/mol. The molecule has 1 aromatic carbocycles. The van der Waals surface area contributed by atoms with E-state index < -0.39 is 6.10 Å². The molecule has 0 radical (unpaired) electrons. The van der Waals surface area contributed by atoms with Gasteiger partial charge in [0.2, 0.25) is 0 Å². The Morgan fingerprint density at radius 2 is 2.11 bits per heavy atom. The fourth-order valence-electron chi connectivity index (χ4n) is 2.20. The van der Waals surface area contributed by atoms with Crippen LogP contribution in [0.1, 0.15) is 17.7 Å². The van der Waals surface area contributed by atoms with Crippen LogP contribution in [-0.2, 0) is 11.2 Å². The van der Waals surface area contributed by atoms with E-state index in [1.165, 1.54) is 10.9 Å². The number of fused-ring (bicyclic) bond motifs is 1. The Balaban J connectivity index is 2.21. The summed E-state index contributed by atoms with van der Waals surface area (Å²) in [5.41, 5.74) is 3.28. The van der Waals surface area contributed by atoms with Gasteiger partial charge in [0.15, 0.2) is 0 Å². The molecular formula is C15H19NO2. The van der Waals surface area contributed by atoms with Gasteiger partial charge in [0.25, 0.3) is 0 Å². The van der Waals surface area contributed by atoms with Crippen LogP contribution in [0.5, 0.6) is 0 Å². The lowest BCUT2D eigenvalue weighted by Crippen LogP contribution is -2.14. The molecule has 1 heterocycles. The van der Waals surface area contributed by atoms with Gasteiger partial charge in [-0.15, -0.1) is 0 Å². The monoisotopic (exact) mass is 245 g/mol. The molecule has 2 aromatic rings. The summed E-state index contributed by atoms with van der Waals surface area (Å²) in [4.78, 5) is 4.51. The number of benzene rings is 1. The highest BCUT2D eigenvalue weighted by Gasteiger charge is 2.07. The Kier molecular flexibility index (Phi) is 4.28.